The highest BCUT2D eigenvalue weighted by atomic mass is 16.5. The summed E-state index contributed by atoms with van der Waals surface area (Å²) < 4.78 is 5.88. The molecule has 2 aromatic heterocycles. The molecule has 0 radical (unpaired) electrons. The van der Waals surface area contributed by atoms with E-state index in [-0.39, 0.29) is 0 Å². The van der Waals surface area contributed by atoms with E-state index in [1.54, 1.807) is 0 Å². The van der Waals surface area contributed by atoms with Gasteiger partial charge in [0.05, 0.1) is 6.61 Å². The molecule has 2 aromatic rings. The maximum Gasteiger partial charge on any atom is 0.127 e. The van der Waals surface area contributed by atoms with Gasteiger partial charge in [-0.2, -0.15) is 0 Å². The number of rotatable bonds is 6. The predicted octanol–water partition coefficient (Wildman–Crippen LogP) is 2.56. The Labute approximate surface area is 120 Å². The van der Waals surface area contributed by atoms with E-state index >= 15 is 0 Å². The number of aryl methyl sites for hydroxylation is 3. The molecule has 0 spiro atoms. The molecular weight excluding hydrogens is 250 g/mol. The Morgan fingerprint density at radius 2 is 1.95 bits per heavy atom. The largest absolute Gasteiger partial charge is 0.493 e. The molecule has 0 amide bonds. The van der Waals surface area contributed by atoms with E-state index < -0.39 is 0 Å². The van der Waals surface area contributed by atoms with Gasteiger partial charge < -0.3 is 10.5 Å². The topological polar surface area (TPSA) is 61.0 Å². The van der Waals surface area contributed by atoms with Crippen molar-refractivity contribution in [3.63, 3.8) is 0 Å². The van der Waals surface area contributed by atoms with E-state index in [4.69, 9.17) is 10.5 Å². The summed E-state index contributed by atoms with van der Waals surface area (Å²) >= 11 is 0. The zero-order valence-corrected chi connectivity index (χ0v) is 12.1. The summed E-state index contributed by atoms with van der Waals surface area (Å²) in [6.07, 6.45) is 5.59. The number of nitrogens with two attached hydrogens (primary N) is 1. The number of pyridine rings is 2. The number of hydrogen-bond acceptors (Lipinski definition) is 4. The second-order valence-electron chi connectivity index (χ2n) is 4.84. The lowest BCUT2D eigenvalue weighted by molar-refractivity contribution is 0.307. The molecule has 2 N–H and O–H groups in total. The maximum atomic E-state index is 5.88. The van der Waals surface area contributed by atoms with Gasteiger partial charge in [-0.05, 0) is 44.4 Å². The highest BCUT2D eigenvalue weighted by Gasteiger charge is 2.08. The lowest BCUT2D eigenvalue weighted by Crippen LogP contribution is -2.08. The van der Waals surface area contributed by atoms with Crippen molar-refractivity contribution in [3.05, 3.63) is 53.1 Å². The lowest BCUT2D eigenvalue weighted by atomic mass is 10.1. The molecule has 0 fully saturated rings. The second-order valence-corrected chi connectivity index (χ2v) is 4.84. The molecule has 4 nitrogen and oxygen atoms in total. The van der Waals surface area contributed by atoms with Crippen molar-refractivity contribution in [2.75, 3.05) is 6.61 Å². The van der Waals surface area contributed by atoms with Crippen molar-refractivity contribution in [2.24, 2.45) is 5.73 Å². The van der Waals surface area contributed by atoms with E-state index in [0.29, 0.717) is 13.2 Å². The quantitative estimate of drug-likeness (QED) is 0.820. The van der Waals surface area contributed by atoms with Gasteiger partial charge in [-0.3, -0.25) is 9.97 Å². The van der Waals surface area contributed by atoms with Gasteiger partial charge in [0, 0.05) is 42.0 Å². The van der Waals surface area contributed by atoms with Crippen LogP contribution >= 0.6 is 0 Å². The Hall–Kier alpha value is -1.94. The monoisotopic (exact) mass is 271 g/mol. The van der Waals surface area contributed by atoms with Crippen LogP contribution in [-0.2, 0) is 13.0 Å². The first-order valence-electron chi connectivity index (χ1n) is 6.89. The summed E-state index contributed by atoms with van der Waals surface area (Å²) in [6.45, 7) is 5.08. The molecule has 2 rings (SSSR count). The molecule has 4 heteroatoms. The smallest absolute Gasteiger partial charge is 0.127 e. The van der Waals surface area contributed by atoms with Gasteiger partial charge in [0.2, 0.25) is 0 Å². The first kappa shape index (κ1) is 14.5. The Kier molecular flexibility index (Phi) is 5.07. The summed E-state index contributed by atoms with van der Waals surface area (Å²) in [5.74, 6) is 0.868. The van der Waals surface area contributed by atoms with Crippen molar-refractivity contribution in [3.8, 4) is 5.75 Å². The molecule has 0 aliphatic heterocycles. The molecule has 0 aliphatic rings. The molecule has 0 bridgehead atoms. The second kappa shape index (κ2) is 7.01. The number of nitrogens with zero attached hydrogens (tertiary/aromatic N) is 2. The molecule has 20 heavy (non-hydrogen) atoms. The Balaban J connectivity index is 1.91. The minimum Gasteiger partial charge on any atom is -0.493 e. The molecule has 2 heterocycles. The zero-order valence-electron chi connectivity index (χ0n) is 12.1. The molecular formula is C16H21N3O. The Morgan fingerprint density at radius 1 is 1.20 bits per heavy atom. The maximum absolute atomic E-state index is 5.88. The van der Waals surface area contributed by atoms with Crippen molar-refractivity contribution >= 4 is 0 Å². The minimum absolute atomic E-state index is 0.457. The van der Waals surface area contributed by atoms with Crippen LogP contribution in [0.15, 0.2) is 30.6 Å². The van der Waals surface area contributed by atoms with E-state index in [9.17, 15) is 0 Å². The van der Waals surface area contributed by atoms with Crippen LogP contribution < -0.4 is 10.5 Å². The predicted molar refractivity (Wildman–Crippen MR) is 79.7 cm³/mol. The summed E-state index contributed by atoms with van der Waals surface area (Å²) in [4.78, 5) is 8.43. The van der Waals surface area contributed by atoms with Crippen LogP contribution in [-0.4, -0.2) is 16.6 Å². The number of hydrogen-bond donors (Lipinski definition) is 1. The molecule has 0 saturated heterocycles. The summed E-state index contributed by atoms with van der Waals surface area (Å²) in [5.41, 5.74) is 9.97. The van der Waals surface area contributed by atoms with Gasteiger partial charge in [-0.25, -0.2) is 0 Å². The van der Waals surface area contributed by atoms with Gasteiger partial charge in [0.15, 0.2) is 0 Å². The minimum atomic E-state index is 0.457. The first-order chi connectivity index (χ1) is 9.70. The molecule has 0 aromatic carbocycles. The van der Waals surface area contributed by atoms with Crippen molar-refractivity contribution in [1.82, 2.24) is 9.97 Å². The van der Waals surface area contributed by atoms with Crippen LogP contribution in [0.1, 0.15) is 28.9 Å². The zero-order chi connectivity index (χ0) is 14.4. The lowest BCUT2D eigenvalue weighted by Gasteiger charge is -2.13. The van der Waals surface area contributed by atoms with E-state index in [1.165, 1.54) is 5.56 Å². The fourth-order valence-corrected chi connectivity index (χ4v) is 2.20. The van der Waals surface area contributed by atoms with Crippen LogP contribution in [0.3, 0.4) is 0 Å². The fourth-order valence-electron chi connectivity index (χ4n) is 2.20. The molecule has 106 valence electrons. The summed E-state index contributed by atoms with van der Waals surface area (Å²) in [6, 6.07) is 6.03. The third kappa shape index (κ3) is 3.78. The summed E-state index contributed by atoms with van der Waals surface area (Å²) in [5, 5.41) is 0. The number of ether oxygens (including phenoxy) is 1. The van der Waals surface area contributed by atoms with Crippen LogP contribution in [0.4, 0.5) is 0 Å². The average molecular weight is 271 g/mol. The van der Waals surface area contributed by atoms with Crippen molar-refractivity contribution in [2.45, 2.75) is 33.2 Å². The summed E-state index contributed by atoms with van der Waals surface area (Å²) in [7, 11) is 0. The average Bonchev–Trinajstić information content (AvgIpc) is 2.44. The number of aromatic nitrogens is 2. The van der Waals surface area contributed by atoms with E-state index in [0.717, 1.165) is 35.5 Å². The van der Waals surface area contributed by atoms with Crippen LogP contribution in [0, 0.1) is 13.8 Å². The van der Waals surface area contributed by atoms with Crippen LogP contribution in [0.2, 0.25) is 0 Å². The Morgan fingerprint density at radius 3 is 2.65 bits per heavy atom. The fraction of sp³-hybridized carbons (Fsp3) is 0.375. The van der Waals surface area contributed by atoms with Gasteiger partial charge in [-0.1, -0.05) is 0 Å². The standard InChI is InChI=1S/C16H21N3O/c1-12-10-16(15(11-17)13(2)19-12)20-9-3-4-14-5-7-18-8-6-14/h5-8,10H,3-4,9,11,17H2,1-2H3. The third-order valence-electron chi connectivity index (χ3n) is 3.24. The van der Waals surface area contributed by atoms with Crippen LogP contribution in [0.5, 0.6) is 5.75 Å². The Bertz CT molecular complexity index is 555. The SMILES string of the molecule is Cc1cc(OCCCc2ccncc2)c(CN)c(C)n1. The van der Waals surface area contributed by atoms with Gasteiger partial charge in [0.1, 0.15) is 5.75 Å². The van der Waals surface area contributed by atoms with Crippen LogP contribution in [0.25, 0.3) is 0 Å². The highest BCUT2D eigenvalue weighted by molar-refractivity contribution is 5.37. The van der Waals surface area contributed by atoms with E-state index in [2.05, 4.69) is 9.97 Å². The molecule has 0 aliphatic carbocycles. The van der Waals surface area contributed by atoms with Crippen molar-refractivity contribution in [1.29, 1.82) is 0 Å². The van der Waals surface area contributed by atoms with Crippen molar-refractivity contribution < 1.29 is 4.74 Å². The normalized spacial score (nSPS) is 10.6. The van der Waals surface area contributed by atoms with E-state index in [1.807, 2.05) is 44.4 Å². The molecule has 0 unspecified atom stereocenters. The molecule has 0 atom stereocenters. The van der Waals surface area contributed by atoms with Gasteiger partial charge >= 0.3 is 0 Å². The van der Waals surface area contributed by atoms with Gasteiger partial charge in [0.25, 0.3) is 0 Å². The third-order valence-corrected chi connectivity index (χ3v) is 3.24. The molecule has 0 saturated carbocycles. The first-order valence-corrected chi connectivity index (χ1v) is 6.89. The highest BCUT2D eigenvalue weighted by Crippen LogP contribution is 2.22. The van der Waals surface area contributed by atoms with Gasteiger partial charge in [-0.15, -0.1) is 0 Å².